The zero-order chi connectivity index (χ0) is 19.8. The Labute approximate surface area is 162 Å². The SMILES string of the molecule is CCc1[nH]c(C(=O)N2CCC[C@H]2c2nnc3ccccn23)c(C)c1C(=O)OC. The van der Waals surface area contributed by atoms with Crippen LogP contribution in [0.3, 0.4) is 0 Å². The average molecular weight is 381 g/mol. The second-order valence-electron chi connectivity index (χ2n) is 6.97. The number of H-pyrrole nitrogens is 1. The minimum Gasteiger partial charge on any atom is -0.465 e. The van der Waals surface area contributed by atoms with Crippen LogP contribution in [0.15, 0.2) is 24.4 Å². The number of ether oxygens (including phenoxy) is 1. The molecule has 0 radical (unpaired) electrons. The lowest BCUT2D eigenvalue weighted by molar-refractivity contribution is 0.0599. The molecule has 3 aromatic heterocycles. The monoisotopic (exact) mass is 381 g/mol. The van der Waals surface area contributed by atoms with E-state index in [-0.39, 0.29) is 11.9 Å². The number of aryl methyl sites for hydroxylation is 1. The molecular formula is C20H23N5O3. The summed E-state index contributed by atoms with van der Waals surface area (Å²) in [6.45, 7) is 4.36. The van der Waals surface area contributed by atoms with E-state index in [9.17, 15) is 9.59 Å². The van der Waals surface area contributed by atoms with Crippen LogP contribution in [0.2, 0.25) is 0 Å². The number of rotatable bonds is 4. The lowest BCUT2D eigenvalue weighted by Gasteiger charge is -2.23. The molecule has 4 rings (SSSR count). The van der Waals surface area contributed by atoms with Crippen molar-refractivity contribution in [2.45, 2.75) is 39.2 Å². The van der Waals surface area contributed by atoms with Crippen molar-refractivity contribution in [1.82, 2.24) is 24.5 Å². The van der Waals surface area contributed by atoms with Crippen LogP contribution in [0.4, 0.5) is 0 Å². The van der Waals surface area contributed by atoms with E-state index in [2.05, 4.69) is 15.2 Å². The van der Waals surface area contributed by atoms with Crippen LogP contribution in [0.25, 0.3) is 5.65 Å². The molecule has 0 aromatic carbocycles. The third kappa shape index (κ3) is 2.76. The maximum Gasteiger partial charge on any atom is 0.339 e. The average Bonchev–Trinajstić information content (AvgIpc) is 3.43. The predicted octanol–water partition coefficient (Wildman–Crippen LogP) is 2.69. The number of aromatic nitrogens is 4. The van der Waals surface area contributed by atoms with Gasteiger partial charge in [0.15, 0.2) is 11.5 Å². The number of esters is 1. The Morgan fingerprint density at radius 3 is 2.89 bits per heavy atom. The number of hydrogen-bond acceptors (Lipinski definition) is 5. The van der Waals surface area contributed by atoms with Gasteiger partial charge in [0.1, 0.15) is 5.69 Å². The number of carbonyl (C=O) groups is 2. The van der Waals surface area contributed by atoms with Crippen molar-refractivity contribution in [3.63, 3.8) is 0 Å². The molecule has 0 unspecified atom stereocenters. The molecule has 0 saturated carbocycles. The van der Waals surface area contributed by atoms with Crippen LogP contribution >= 0.6 is 0 Å². The summed E-state index contributed by atoms with van der Waals surface area (Å²) in [4.78, 5) is 30.5. The van der Waals surface area contributed by atoms with Gasteiger partial charge >= 0.3 is 5.97 Å². The lowest BCUT2D eigenvalue weighted by atomic mass is 10.1. The molecule has 0 spiro atoms. The first-order valence-electron chi connectivity index (χ1n) is 9.47. The number of likely N-dealkylation sites (tertiary alicyclic amines) is 1. The zero-order valence-electron chi connectivity index (χ0n) is 16.2. The molecule has 28 heavy (non-hydrogen) atoms. The molecule has 8 heteroatoms. The van der Waals surface area contributed by atoms with Crippen LogP contribution in [0.5, 0.6) is 0 Å². The molecular weight excluding hydrogens is 358 g/mol. The summed E-state index contributed by atoms with van der Waals surface area (Å²) in [7, 11) is 1.35. The van der Waals surface area contributed by atoms with Crippen LogP contribution in [-0.2, 0) is 11.2 Å². The molecule has 0 aliphatic carbocycles. The normalized spacial score (nSPS) is 16.7. The first-order valence-corrected chi connectivity index (χ1v) is 9.47. The highest BCUT2D eigenvalue weighted by atomic mass is 16.5. The third-order valence-electron chi connectivity index (χ3n) is 5.44. The number of pyridine rings is 1. The second kappa shape index (κ2) is 7.10. The van der Waals surface area contributed by atoms with Gasteiger partial charge in [-0.05, 0) is 43.9 Å². The van der Waals surface area contributed by atoms with Gasteiger partial charge in [0.05, 0.1) is 18.7 Å². The van der Waals surface area contributed by atoms with Gasteiger partial charge in [-0.3, -0.25) is 9.20 Å². The molecule has 3 aromatic rings. The number of methoxy groups -OCH3 is 1. The standard InChI is InChI=1S/C20H23N5O3/c1-4-13-16(20(27)28-3)12(2)17(21-13)19(26)24-11-7-8-14(24)18-23-22-15-9-5-6-10-25(15)18/h5-6,9-10,14,21H,4,7-8,11H2,1-3H3/t14-/m0/s1. The summed E-state index contributed by atoms with van der Waals surface area (Å²) in [5.41, 5.74) is 3.01. The third-order valence-corrected chi connectivity index (χ3v) is 5.44. The minimum absolute atomic E-state index is 0.127. The van der Waals surface area contributed by atoms with Gasteiger partial charge in [0.2, 0.25) is 0 Å². The predicted molar refractivity (Wildman–Crippen MR) is 102 cm³/mol. The summed E-state index contributed by atoms with van der Waals surface area (Å²) < 4.78 is 6.83. The lowest BCUT2D eigenvalue weighted by Crippen LogP contribution is -2.32. The van der Waals surface area contributed by atoms with Gasteiger partial charge in [0, 0.05) is 18.4 Å². The first-order chi connectivity index (χ1) is 13.6. The number of nitrogens with zero attached hydrogens (tertiary/aromatic N) is 4. The number of amides is 1. The molecule has 8 nitrogen and oxygen atoms in total. The van der Waals surface area contributed by atoms with E-state index in [4.69, 9.17) is 4.74 Å². The van der Waals surface area contributed by atoms with Gasteiger partial charge in [-0.25, -0.2) is 4.79 Å². The van der Waals surface area contributed by atoms with Crippen LogP contribution in [0, 0.1) is 6.92 Å². The van der Waals surface area contributed by atoms with Gasteiger partial charge in [0.25, 0.3) is 5.91 Å². The van der Waals surface area contributed by atoms with Crippen molar-refractivity contribution in [3.8, 4) is 0 Å². The maximum absolute atomic E-state index is 13.4. The van der Waals surface area contributed by atoms with Gasteiger partial charge < -0.3 is 14.6 Å². The van der Waals surface area contributed by atoms with Gasteiger partial charge in [-0.1, -0.05) is 13.0 Å². The van der Waals surface area contributed by atoms with Crippen molar-refractivity contribution in [3.05, 3.63) is 52.7 Å². The van der Waals surface area contributed by atoms with E-state index < -0.39 is 5.97 Å². The van der Waals surface area contributed by atoms with E-state index in [1.54, 1.807) is 6.92 Å². The van der Waals surface area contributed by atoms with Crippen LogP contribution < -0.4 is 0 Å². The molecule has 0 bridgehead atoms. The maximum atomic E-state index is 13.4. The molecule has 1 saturated heterocycles. The summed E-state index contributed by atoms with van der Waals surface area (Å²) in [6, 6.07) is 5.57. The highest BCUT2D eigenvalue weighted by Crippen LogP contribution is 2.33. The Hall–Kier alpha value is -3.16. The van der Waals surface area contributed by atoms with Crippen molar-refractivity contribution in [1.29, 1.82) is 0 Å². The van der Waals surface area contributed by atoms with Crippen molar-refractivity contribution in [2.24, 2.45) is 0 Å². The van der Waals surface area contributed by atoms with Crippen molar-refractivity contribution < 1.29 is 14.3 Å². The molecule has 1 aliphatic rings. The van der Waals surface area contributed by atoms with Gasteiger partial charge in [-0.15, -0.1) is 10.2 Å². The number of carbonyl (C=O) groups excluding carboxylic acids is 2. The summed E-state index contributed by atoms with van der Waals surface area (Å²) in [5.74, 6) is 0.207. The summed E-state index contributed by atoms with van der Waals surface area (Å²) in [5, 5.41) is 8.56. The second-order valence-corrected chi connectivity index (χ2v) is 6.97. The van der Waals surface area contributed by atoms with Crippen molar-refractivity contribution in [2.75, 3.05) is 13.7 Å². The zero-order valence-corrected chi connectivity index (χ0v) is 16.2. The van der Waals surface area contributed by atoms with Crippen LogP contribution in [-0.4, -0.2) is 50.0 Å². The Morgan fingerprint density at radius 2 is 2.14 bits per heavy atom. The van der Waals surface area contributed by atoms with E-state index in [1.807, 2.05) is 40.6 Å². The molecule has 1 amide bonds. The number of nitrogens with one attached hydrogen (secondary N) is 1. The van der Waals surface area contributed by atoms with Crippen LogP contribution in [0.1, 0.15) is 63.7 Å². The number of aromatic amines is 1. The fourth-order valence-corrected chi connectivity index (χ4v) is 4.02. The molecule has 1 aliphatic heterocycles. The largest absolute Gasteiger partial charge is 0.465 e. The minimum atomic E-state index is -0.425. The molecule has 146 valence electrons. The number of hydrogen-bond donors (Lipinski definition) is 1. The van der Waals surface area contributed by atoms with Crippen molar-refractivity contribution >= 4 is 17.5 Å². The Balaban J connectivity index is 1.72. The topological polar surface area (TPSA) is 92.6 Å². The fourth-order valence-electron chi connectivity index (χ4n) is 4.02. The summed E-state index contributed by atoms with van der Waals surface area (Å²) in [6.07, 6.45) is 4.24. The molecule has 4 heterocycles. The smallest absolute Gasteiger partial charge is 0.339 e. The molecule has 1 fully saturated rings. The van der Waals surface area contributed by atoms with E-state index in [0.29, 0.717) is 29.8 Å². The van der Waals surface area contributed by atoms with Gasteiger partial charge in [-0.2, -0.15) is 0 Å². The summed E-state index contributed by atoms with van der Waals surface area (Å²) >= 11 is 0. The Kier molecular flexibility index (Phi) is 4.62. The highest BCUT2D eigenvalue weighted by Gasteiger charge is 2.36. The van der Waals surface area contributed by atoms with E-state index >= 15 is 0 Å². The molecule has 1 atom stereocenters. The Bertz CT molecular complexity index is 1050. The quantitative estimate of drug-likeness (QED) is 0.702. The highest BCUT2D eigenvalue weighted by molar-refractivity contribution is 6.00. The first kappa shape index (κ1) is 18.2. The Morgan fingerprint density at radius 1 is 1.32 bits per heavy atom. The van der Waals surface area contributed by atoms with E-state index in [0.717, 1.165) is 30.0 Å². The fraction of sp³-hybridized carbons (Fsp3) is 0.400. The number of fused-ring (bicyclic) bond motifs is 1. The molecule has 1 N–H and O–H groups in total. The van der Waals surface area contributed by atoms with E-state index in [1.165, 1.54) is 7.11 Å².